The van der Waals surface area contributed by atoms with Gasteiger partial charge in [-0.3, -0.25) is 20.4 Å². The summed E-state index contributed by atoms with van der Waals surface area (Å²) in [6.45, 7) is 4.08. The highest BCUT2D eigenvalue weighted by molar-refractivity contribution is 5.95. The molecule has 2 N–H and O–H groups in total. The van der Waals surface area contributed by atoms with Gasteiger partial charge in [0, 0.05) is 11.5 Å². The lowest BCUT2D eigenvalue weighted by Crippen LogP contribution is -2.42. The number of amides is 2. The zero-order valence-electron chi connectivity index (χ0n) is 10.7. The van der Waals surface area contributed by atoms with Gasteiger partial charge in [0.25, 0.3) is 5.91 Å². The fraction of sp³-hybridized carbons (Fsp3) is 0.429. The van der Waals surface area contributed by atoms with Gasteiger partial charge in [0.1, 0.15) is 0 Å². The number of aryl methyl sites for hydroxylation is 1. The summed E-state index contributed by atoms with van der Waals surface area (Å²) in [6, 6.07) is 7.36. The van der Waals surface area contributed by atoms with Gasteiger partial charge in [0.05, 0.1) is 0 Å². The summed E-state index contributed by atoms with van der Waals surface area (Å²) >= 11 is 0. The molecule has 1 aliphatic carbocycles. The lowest BCUT2D eigenvalue weighted by atomic mass is 10.1. The Morgan fingerprint density at radius 1 is 1.22 bits per heavy atom. The van der Waals surface area contributed by atoms with Gasteiger partial charge in [-0.15, -0.1) is 0 Å². The second kappa shape index (κ2) is 5.21. The minimum absolute atomic E-state index is 0.0627. The molecule has 0 radical (unpaired) electrons. The van der Waals surface area contributed by atoms with E-state index in [1.54, 1.807) is 12.1 Å². The number of rotatable bonds is 3. The Morgan fingerprint density at radius 3 is 2.33 bits per heavy atom. The van der Waals surface area contributed by atoms with Crippen molar-refractivity contribution in [2.24, 2.45) is 11.8 Å². The molecule has 2 atom stereocenters. The van der Waals surface area contributed by atoms with Crippen molar-refractivity contribution in [2.45, 2.75) is 26.7 Å². The van der Waals surface area contributed by atoms with Crippen molar-refractivity contribution in [2.75, 3.05) is 0 Å². The molecule has 1 fully saturated rings. The van der Waals surface area contributed by atoms with Crippen LogP contribution in [0.4, 0.5) is 0 Å². The van der Waals surface area contributed by atoms with E-state index in [-0.39, 0.29) is 17.7 Å². The SMILES string of the molecule is CCc1ccc(C(=O)NNC(=O)[C@H]2C[C@@H]2C)cc1. The van der Waals surface area contributed by atoms with Crippen molar-refractivity contribution in [1.29, 1.82) is 0 Å². The number of hydrogen-bond donors (Lipinski definition) is 2. The average molecular weight is 246 g/mol. The summed E-state index contributed by atoms with van der Waals surface area (Å²) < 4.78 is 0. The summed E-state index contributed by atoms with van der Waals surface area (Å²) in [4.78, 5) is 23.3. The monoisotopic (exact) mass is 246 g/mol. The van der Waals surface area contributed by atoms with Crippen LogP contribution in [0.2, 0.25) is 0 Å². The molecule has 0 saturated heterocycles. The molecule has 0 heterocycles. The maximum absolute atomic E-state index is 11.7. The zero-order chi connectivity index (χ0) is 13.1. The zero-order valence-corrected chi connectivity index (χ0v) is 10.7. The van der Waals surface area contributed by atoms with Crippen molar-refractivity contribution in [1.82, 2.24) is 10.9 Å². The second-order valence-electron chi connectivity index (χ2n) is 4.81. The first kappa shape index (κ1) is 12.6. The Morgan fingerprint density at radius 2 is 1.83 bits per heavy atom. The van der Waals surface area contributed by atoms with E-state index in [9.17, 15) is 9.59 Å². The highest BCUT2D eigenvalue weighted by Crippen LogP contribution is 2.37. The normalized spacial score (nSPS) is 21.2. The van der Waals surface area contributed by atoms with E-state index in [0.717, 1.165) is 12.8 Å². The Balaban J connectivity index is 1.85. The fourth-order valence-electron chi connectivity index (χ4n) is 1.86. The first-order valence-electron chi connectivity index (χ1n) is 6.31. The molecule has 96 valence electrons. The highest BCUT2D eigenvalue weighted by atomic mass is 16.2. The predicted octanol–water partition coefficient (Wildman–Crippen LogP) is 1.67. The summed E-state index contributed by atoms with van der Waals surface area (Å²) in [5.74, 6) is 0.124. The lowest BCUT2D eigenvalue weighted by molar-refractivity contribution is -0.123. The van der Waals surface area contributed by atoms with Gasteiger partial charge in [-0.1, -0.05) is 26.0 Å². The van der Waals surface area contributed by atoms with Crippen LogP contribution in [0.3, 0.4) is 0 Å². The summed E-state index contributed by atoms with van der Waals surface area (Å²) in [7, 11) is 0. The quantitative estimate of drug-likeness (QED) is 0.797. The molecule has 1 aliphatic rings. The number of carbonyl (C=O) groups excluding carboxylic acids is 2. The van der Waals surface area contributed by atoms with Gasteiger partial charge < -0.3 is 0 Å². The van der Waals surface area contributed by atoms with Gasteiger partial charge in [-0.25, -0.2) is 0 Å². The fourth-order valence-corrected chi connectivity index (χ4v) is 1.86. The lowest BCUT2D eigenvalue weighted by Gasteiger charge is -2.07. The molecule has 2 rings (SSSR count). The maximum atomic E-state index is 11.7. The number of hydrazine groups is 1. The van der Waals surface area contributed by atoms with Gasteiger partial charge in [-0.2, -0.15) is 0 Å². The van der Waals surface area contributed by atoms with Crippen LogP contribution in [-0.2, 0) is 11.2 Å². The van der Waals surface area contributed by atoms with Gasteiger partial charge in [0.15, 0.2) is 0 Å². The van der Waals surface area contributed by atoms with E-state index in [1.165, 1.54) is 5.56 Å². The molecule has 2 amide bonds. The third-order valence-electron chi connectivity index (χ3n) is 3.37. The van der Waals surface area contributed by atoms with Gasteiger partial charge in [0.2, 0.25) is 5.91 Å². The van der Waals surface area contributed by atoms with E-state index >= 15 is 0 Å². The molecule has 4 nitrogen and oxygen atoms in total. The van der Waals surface area contributed by atoms with E-state index in [0.29, 0.717) is 11.5 Å². The van der Waals surface area contributed by atoms with Crippen LogP contribution >= 0.6 is 0 Å². The van der Waals surface area contributed by atoms with Crippen molar-refractivity contribution < 1.29 is 9.59 Å². The summed E-state index contributed by atoms with van der Waals surface area (Å²) in [6.07, 6.45) is 1.85. The molecule has 0 bridgehead atoms. The minimum Gasteiger partial charge on any atom is -0.273 e. The molecule has 0 spiro atoms. The van der Waals surface area contributed by atoms with Gasteiger partial charge in [-0.05, 0) is 36.5 Å². The molecule has 0 aromatic heterocycles. The number of hydrogen-bond acceptors (Lipinski definition) is 2. The number of benzene rings is 1. The second-order valence-corrected chi connectivity index (χ2v) is 4.81. The van der Waals surface area contributed by atoms with Crippen LogP contribution in [0.25, 0.3) is 0 Å². The van der Waals surface area contributed by atoms with Crippen LogP contribution in [0.15, 0.2) is 24.3 Å². The van der Waals surface area contributed by atoms with Crippen molar-refractivity contribution in [3.05, 3.63) is 35.4 Å². The molecule has 4 heteroatoms. The Labute approximate surface area is 107 Å². The topological polar surface area (TPSA) is 58.2 Å². The van der Waals surface area contributed by atoms with Crippen molar-refractivity contribution in [3.63, 3.8) is 0 Å². The third kappa shape index (κ3) is 2.88. The van der Waals surface area contributed by atoms with Crippen LogP contribution < -0.4 is 10.9 Å². The van der Waals surface area contributed by atoms with Crippen LogP contribution in [0.5, 0.6) is 0 Å². The Bertz CT molecular complexity index is 453. The van der Waals surface area contributed by atoms with E-state index in [4.69, 9.17) is 0 Å². The minimum atomic E-state index is -0.278. The molecule has 1 aromatic carbocycles. The summed E-state index contributed by atoms with van der Waals surface area (Å²) in [5.41, 5.74) is 6.64. The van der Waals surface area contributed by atoms with Gasteiger partial charge >= 0.3 is 0 Å². The number of carbonyl (C=O) groups is 2. The summed E-state index contributed by atoms with van der Waals surface area (Å²) in [5, 5.41) is 0. The van der Waals surface area contributed by atoms with Crippen molar-refractivity contribution >= 4 is 11.8 Å². The third-order valence-corrected chi connectivity index (χ3v) is 3.37. The molecule has 18 heavy (non-hydrogen) atoms. The molecule has 0 aliphatic heterocycles. The molecule has 1 aromatic rings. The molecular formula is C14H18N2O2. The van der Waals surface area contributed by atoms with E-state index < -0.39 is 0 Å². The average Bonchev–Trinajstić information content (AvgIpc) is 3.13. The highest BCUT2D eigenvalue weighted by Gasteiger charge is 2.39. The largest absolute Gasteiger partial charge is 0.273 e. The first-order chi connectivity index (χ1) is 8.61. The number of nitrogens with one attached hydrogen (secondary N) is 2. The molecule has 1 saturated carbocycles. The van der Waals surface area contributed by atoms with Crippen molar-refractivity contribution in [3.8, 4) is 0 Å². The predicted molar refractivity (Wildman–Crippen MR) is 68.7 cm³/mol. The Hall–Kier alpha value is -1.84. The standard InChI is InChI=1S/C14H18N2O2/c1-3-10-4-6-11(7-5-10)13(17)15-16-14(18)12-8-9(12)2/h4-7,9,12H,3,8H2,1-2H3,(H,15,17)(H,16,18)/t9-,12-/m0/s1. The van der Waals surface area contributed by atoms with E-state index in [1.807, 2.05) is 19.1 Å². The Kier molecular flexibility index (Phi) is 3.65. The van der Waals surface area contributed by atoms with Crippen LogP contribution in [-0.4, -0.2) is 11.8 Å². The maximum Gasteiger partial charge on any atom is 0.269 e. The smallest absolute Gasteiger partial charge is 0.269 e. The molecular weight excluding hydrogens is 228 g/mol. The molecule has 0 unspecified atom stereocenters. The van der Waals surface area contributed by atoms with Crippen LogP contribution in [0, 0.1) is 11.8 Å². The van der Waals surface area contributed by atoms with E-state index in [2.05, 4.69) is 17.8 Å². The first-order valence-corrected chi connectivity index (χ1v) is 6.31. The van der Waals surface area contributed by atoms with Crippen LogP contribution in [0.1, 0.15) is 36.2 Å².